The Morgan fingerprint density at radius 1 is 1.18 bits per heavy atom. The van der Waals surface area contributed by atoms with Gasteiger partial charge in [-0.2, -0.15) is 0 Å². The smallest absolute Gasteiger partial charge is 0.225 e. The molecule has 0 aliphatic carbocycles. The molecular weight excluding hydrogens is 281 g/mol. The molecule has 5 heteroatoms. The highest BCUT2D eigenvalue weighted by atomic mass is 19.1. The molecule has 0 saturated heterocycles. The predicted octanol–water partition coefficient (Wildman–Crippen LogP) is 3.96. The molecule has 0 aliphatic heterocycles. The minimum Gasteiger partial charge on any atom is -0.380 e. The molecule has 2 rings (SSSR count). The monoisotopic (exact) mass is 301 g/mol. The lowest BCUT2D eigenvalue weighted by atomic mass is 10.2. The molecule has 1 aromatic heterocycles. The fourth-order valence-electron chi connectivity index (χ4n) is 1.92. The number of anilines is 2. The zero-order valence-corrected chi connectivity index (χ0v) is 12.6. The van der Waals surface area contributed by atoms with Crippen LogP contribution >= 0.6 is 0 Å². The van der Waals surface area contributed by atoms with Gasteiger partial charge in [0.2, 0.25) is 5.91 Å². The third-order valence-corrected chi connectivity index (χ3v) is 3.20. The second kappa shape index (κ2) is 8.12. The van der Waals surface area contributed by atoms with Crippen molar-refractivity contribution in [2.75, 3.05) is 10.6 Å². The van der Waals surface area contributed by atoms with E-state index in [1.807, 2.05) is 13.0 Å². The number of rotatable bonds is 7. The van der Waals surface area contributed by atoms with Crippen LogP contribution in [0.2, 0.25) is 0 Å². The molecule has 0 spiro atoms. The maximum Gasteiger partial charge on any atom is 0.225 e. The largest absolute Gasteiger partial charge is 0.380 e. The number of nitrogens with zero attached hydrogens (tertiary/aromatic N) is 1. The first-order valence-corrected chi connectivity index (χ1v) is 7.41. The van der Waals surface area contributed by atoms with Crippen LogP contribution in [-0.2, 0) is 11.3 Å². The number of amides is 1. The summed E-state index contributed by atoms with van der Waals surface area (Å²) >= 11 is 0. The van der Waals surface area contributed by atoms with Gasteiger partial charge in [-0.3, -0.25) is 4.79 Å². The molecule has 22 heavy (non-hydrogen) atoms. The van der Waals surface area contributed by atoms with Crippen molar-refractivity contribution in [3.8, 4) is 0 Å². The molecule has 0 atom stereocenters. The summed E-state index contributed by atoms with van der Waals surface area (Å²) in [5.74, 6) is 0.295. The fourth-order valence-corrected chi connectivity index (χ4v) is 1.92. The minimum atomic E-state index is -0.242. The molecule has 0 unspecified atom stereocenters. The number of benzene rings is 1. The van der Waals surface area contributed by atoms with E-state index >= 15 is 0 Å². The predicted molar refractivity (Wildman–Crippen MR) is 86.1 cm³/mol. The maximum absolute atomic E-state index is 12.8. The van der Waals surface area contributed by atoms with E-state index in [-0.39, 0.29) is 11.7 Å². The van der Waals surface area contributed by atoms with E-state index in [1.54, 1.807) is 24.4 Å². The Labute approximate surface area is 129 Å². The van der Waals surface area contributed by atoms with E-state index < -0.39 is 0 Å². The third kappa shape index (κ3) is 5.16. The Kier molecular flexibility index (Phi) is 5.89. The molecule has 0 aliphatic rings. The molecule has 1 amide bonds. The normalized spacial score (nSPS) is 10.3. The van der Waals surface area contributed by atoms with Crippen molar-refractivity contribution in [3.63, 3.8) is 0 Å². The van der Waals surface area contributed by atoms with E-state index in [1.165, 1.54) is 12.1 Å². The highest BCUT2D eigenvalue weighted by molar-refractivity contribution is 5.89. The average molecular weight is 301 g/mol. The van der Waals surface area contributed by atoms with E-state index in [9.17, 15) is 9.18 Å². The fraction of sp³-hybridized carbons (Fsp3) is 0.294. The first-order valence-electron chi connectivity index (χ1n) is 7.41. The quantitative estimate of drug-likeness (QED) is 0.814. The topological polar surface area (TPSA) is 54.0 Å². The second-order valence-corrected chi connectivity index (χ2v) is 5.06. The van der Waals surface area contributed by atoms with Gasteiger partial charge in [-0.25, -0.2) is 9.37 Å². The van der Waals surface area contributed by atoms with E-state index in [4.69, 9.17) is 0 Å². The number of halogens is 1. The lowest BCUT2D eigenvalue weighted by Gasteiger charge is -2.08. The van der Waals surface area contributed by atoms with Crippen LogP contribution in [0.25, 0.3) is 0 Å². The van der Waals surface area contributed by atoms with Crippen molar-refractivity contribution in [2.24, 2.45) is 0 Å². The van der Waals surface area contributed by atoms with Gasteiger partial charge >= 0.3 is 0 Å². The van der Waals surface area contributed by atoms with Crippen LogP contribution in [0.15, 0.2) is 42.6 Å². The van der Waals surface area contributed by atoms with Gasteiger partial charge in [0, 0.05) is 13.0 Å². The molecule has 1 aromatic carbocycles. The van der Waals surface area contributed by atoms with Gasteiger partial charge in [-0.05, 0) is 36.2 Å². The first kappa shape index (κ1) is 15.9. The van der Waals surface area contributed by atoms with Crippen LogP contribution < -0.4 is 10.6 Å². The highest BCUT2D eigenvalue weighted by Gasteiger charge is 2.02. The summed E-state index contributed by atoms with van der Waals surface area (Å²) in [6, 6.07) is 9.95. The Morgan fingerprint density at radius 2 is 1.95 bits per heavy atom. The van der Waals surface area contributed by atoms with Gasteiger partial charge in [0.15, 0.2) is 0 Å². The van der Waals surface area contributed by atoms with Crippen molar-refractivity contribution in [1.29, 1.82) is 0 Å². The summed E-state index contributed by atoms with van der Waals surface area (Å²) in [5, 5.41) is 5.96. The molecule has 0 bridgehead atoms. The van der Waals surface area contributed by atoms with Crippen molar-refractivity contribution in [1.82, 2.24) is 4.98 Å². The molecule has 0 saturated carbocycles. The highest BCUT2D eigenvalue weighted by Crippen LogP contribution is 2.12. The Morgan fingerprint density at radius 3 is 2.59 bits per heavy atom. The van der Waals surface area contributed by atoms with E-state index in [2.05, 4.69) is 15.6 Å². The van der Waals surface area contributed by atoms with Crippen LogP contribution in [0.5, 0.6) is 0 Å². The van der Waals surface area contributed by atoms with Gasteiger partial charge in [0.25, 0.3) is 0 Å². The molecule has 1 heterocycles. The van der Waals surface area contributed by atoms with Crippen molar-refractivity contribution >= 4 is 17.4 Å². The number of hydrogen-bond donors (Lipinski definition) is 2. The molecule has 0 radical (unpaired) electrons. The summed E-state index contributed by atoms with van der Waals surface area (Å²) in [4.78, 5) is 15.8. The lowest BCUT2D eigenvalue weighted by Crippen LogP contribution is -2.12. The van der Waals surface area contributed by atoms with Crippen LogP contribution in [0.4, 0.5) is 15.9 Å². The number of aromatic nitrogens is 1. The SMILES string of the molecule is CCCCC(=O)Nc1ccc(NCc2ccc(F)cc2)cn1. The number of hydrogen-bond acceptors (Lipinski definition) is 3. The molecular formula is C17H20FN3O. The molecule has 4 nitrogen and oxygen atoms in total. The number of pyridine rings is 1. The van der Waals surface area contributed by atoms with Crippen LogP contribution in [0.3, 0.4) is 0 Å². The Balaban J connectivity index is 1.83. The molecule has 2 aromatic rings. The number of carbonyl (C=O) groups excluding carboxylic acids is 1. The maximum atomic E-state index is 12.8. The zero-order chi connectivity index (χ0) is 15.8. The van der Waals surface area contributed by atoms with Crippen molar-refractivity contribution < 1.29 is 9.18 Å². The zero-order valence-electron chi connectivity index (χ0n) is 12.6. The van der Waals surface area contributed by atoms with E-state index in [0.29, 0.717) is 18.8 Å². The Hall–Kier alpha value is -2.43. The third-order valence-electron chi connectivity index (χ3n) is 3.20. The molecule has 0 fully saturated rings. The minimum absolute atomic E-state index is 0.0126. The van der Waals surface area contributed by atoms with Gasteiger partial charge in [0.1, 0.15) is 11.6 Å². The average Bonchev–Trinajstić information content (AvgIpc) is 2.54. The molecule has 116 valence electrons. The first-order chi connectivity index (χ1) is 10.7. The van der Waals surface area contributed by atoms with Crippen LogP contribution in [-0.4, -0.2) is 10.9 Å². The standard InChI is InChI=1S/C17H20FN3O/c1-2-3-4-17(22)21-16-10-9-15(12-20-16)19-11-13-5-7-14(18)8-6-13/h5-10,12,19H,2-4,11H2,1H3,(H,20,21,22). The summed E-state index contributed by atoms with van der Waals surface area (Å²) in [7, 11) is 0. The second-order valence-electron chi connectivity index (χ2n) is 5.06. The van der Waals surface area contributed by atoms with Gasteiger partial charge < -0.3 is 10.6 Å². The number of carbonyl (C=O) groups is 1. The summed E-state index contributed by atoms with van der Waals surface area (Å²) in [5.41, 5.74) is 1.83. The summed E-state index contributed by atoms with van der Waals surface area (Å²) < 4.78 is 12.8. The Bertz CT molecular complexity index is 596. The number of unbranched alkanes of at least 4 members (excludes halogenated alkanes) is 1. The van der Waals surface area contributed by atoms with Gasteiger partial charge in [0.05, 0.1) is 11.9 Å². The lowest BCUT2D eigenvalue weighted by molar-refractivity contribution is -0.116. The summed E-state index contributed by atoms with van der Waals surface area (Å²) in [6.07, 6.45) is 4.05. The van der Waals surface area contributed by atoms with Crippen LogP contribution in [0.1, 0.15) is 31.7 Å². The summed E-state index contributed by atoms with van der Waals surface area (Å²) in [6.45, 7) is 2.64. The van der Waals surface area contributed by atoms with Crippen LogP contribution in [0, 0.1) is 5.82 Å². The van der Waals surface area contributed by atoms with Crippen molar-refractivity contribution in [3.05, 3.63) is 54.0 Å². The van der Waals surface area contributed by atoms with Crippen molar-refractivity contribution in [2.45, 2.75) is 32.7 Å². The van der Waals surface area contributed by atoms with E-state index in [0.717, 1.165) is 24.1 Å². The number of nitrogens with one attached hydrogen (secondary N) is 2. The van der Waals surface area contributed by atoms with Gasteiger partial charge in [-0.1, -0.05) is 25.5 Å². The molecule has 2 N–H and O–H groups in total. The van der Waals surface area contributed by atoms with Gasteiger partial charge in [-0.15, -0.1) is 0 Å².